The van der Waals surface area contributed by atoms with Gasteiger partial charge in [0.05, 0.1) is 10.5 Å². The molecule has 0 fully saturated rings. The van der Waals surface area contributed by atoms with Gasteiger partial charge in [-0.25, -0.2) is 0 Å². The highest BCUT2D eigenvalue weighted by molar-refractivity contribution is 5.59. The second-order valence-electron chi connectivity index (χ2n) is 2.41. The average Bonchev–Trinajstić information content (AvgIpc) is 2.15. The minimum Gasteiger partial charge on any atom is -0.258 e. The highest BCUT2D eigenvalue weighted by Crippen LogP contribution is 2.13. The lowest BCUT2D eigenvalue weighted by Crippen LogP contribution is -1.96. The molecule has 0 N–H and O–H groups in total. The first-order valence-corrected chi connectivity index (χ1v) is 3.78. The van der Waals surface area contributed by atoms with Gasteiger partial charge < -0.3 is 0 Å². The van der Waals surface area contributed by atoms with E-state index in [-0.39, 0.29) is 5.70 Å². The Morgan fingerprint density at radius 2 is 2.00 bits per heavy atom. The van der Waals surface area contributed by atoms with Crippen LogP contribution in [0, 0.1) is 10.1 Å². The SMILES string of the molecule is C=CC=C(c1ccccc1)[N+](=O)[O-]. The number of nitro groups is 1. The van der Waals surface area contributed by atoms with E-state index in [1.54, 1.807) is 24.3 Å². The van der Waals surface area contributed by atoms with Crippen LogP contribution >= 0.6 is 0 Å². The van der Waals surface area contributed by atoms with Crippen molar-refractivity contribution in [2.24, 2.45) is 0 Å². The number of rotatable bonds is 3. The van der Waals surface area contributed by atoms with Crippen LogP contribution in [0.15, 0.2) is 49.1 Å². The second-order valence-corrected chi connectivity index (χ2v) is 2.41. The van der Waals surface area contributed by atoms with Crippen LogP contribution in [0.5, 0.6) is 0 Å². The number of allylic oxidation sites excluding steroid dienone is 2. The van der Waals surface area contributed by atoms with E-state index in [0.29, 0.717) is 5.56 Å². The van der Waals surface area contributed by atoms with Crippen LogP contribution in [0.4, 0.5) is 0 Å². The second kappa shape index (κ2) is 4.21. The predicted molar refractivity (Wildman–Crippen MR) is 51.6 cm³/mol. The van der Waals surface area contributed by atoms with E-state index in [4.69, 9.17) is 0 Å². The Morgan fingerprint density at radius 1 is 1.38 bits per heavy atom. The van der Waals surface area contributed by atoms with Crippen molar-refractivity contribution in [2.45, 2.75) is 0 Å². The van der Waals surface area contributed by atoms with Crippen LogP contribution in [0.2, 0.25) is 0 Å². The van der Waals surface area contributed by atoms with E-state index < -0.39 is 4.92 Å². The Hall–Kier alpha value is -1.90. The highest BCUT2D eigenvalue weighted by Gasteiger charge is 2.10. The first-order chi connectivity index (χ1) is 6.25. The van der Waals surface area contributed by atoms with Crippen LogP contribution in [-0.2, 0) is 0 Å². The molecule has 1 rings (SSSR count). The molecule has 3 heteroatoms. The zero-order chi connectivity index (χ0) is 9.68. The number of hydrogen-bond donors (Lipinski definition) is 0. The first-order valence-electron chi connectivity index (χ1n) is 3.78. The summed E-state index contributed by atoms with van der Waals surface area (Å²) in [6.07, 6.45) is 2.79. The summed E-state index contributed by atoms with van der Waals surface area (Å²) in [6, 6.07) is 8.72. The summed E-state index contributed by atoms with van der Waals surface area (Å²) in [7, 11) is 0. The van der Waals surface area contributed by atoms with Gasteiger partial charge >= 0.3 is 0 Å². The fourth-order valence-corrected chi connectivity index (χ4v) is 0.983. The maximum atomic E-state index is 10.6. The van der Waals surface area contributed by atoms with E-state index in [1.807, 2.05) is 6.07 Å². The third kappa shape index (κ3) is 2.27. The fraction of sp³-hybridized carbons (Fsp3) is 0. The van der Waals surface area contributed by atoms with E-state index in [0.717, 1.165) is 0 Å². The minimum absolute atomic E-state index is 0.0654. The van der Waals surface area contributed by atoms with Gasteiger partial charge in [-0.15, -0.1) is 0 Å². The van der Waals surface area contributed by atoms with Gasteiger partial charge in [0.2, 0.25) is 0 Å². The molecule has 0 unspecified atom stereocenters. The smallest absolute Gasteiger partial charge is 0.258 e. The fourth-order valence-electron chi connectivity index (χ4n) is 0.983. The highest BCUT2D eigenvalue weighted by atomic mass is 16.6. The van der Waals surface area contributed by atoms with E-state index >= 15 is 0 Å². The molecule has 0 heterocycles. The van der Waals surface area contributed by atoms with Gasteiger partial charge in [0.15, 0.2) is 0 Å². The van der Waals surface area contributed by atoms with Crippen molar-refractivity contribution in [3.05, 3.63) is 64.7 Å². The molecule has 1 aromatic rings. The van der Waals surface area contributed by atoms with Crippen molar-refractivity contribution in [1.29, 1.82) is 0 Å². The van der Waals surface area contributed by atoms with Crippen LogP contribution in [0.1, 0.15) is 5.56 Å². The molecule has 0 saturated heterocycles. The molecule has 0 atom stereocenters. The zero-order valence-corrected chi connectivity index (χ0v) is 7.01. The standard InChI is InChI=1S/C10H9NO2/c1-2-6-10(11(12)13)9-7-4-3-5-8-9/h2-8H,1H2. The monoisotopic (exact) mass is 175 g/mol. The Labute approximate surface area is 76.2 Å². The summed E-state index contributed by atoms with van der Waals surface area (Å²) in [5.74, 6) is 0. The molecular weight excluding hydrogens is 166 g/mol. The van der Waals surface area contributed by atoms with Crippen LogP contribution in [0.25, 0.3) is 5.70 Å². The molecule has 3 nitrogen and oxygen atoms in total. The minimum atomic E-state index is -0.420. The Kier molecular flexibility index (Phi) is 2.97. The van der Waals surface area contributed by atoms with Gasteiger partial charge in [0.1, 0.15) is 0 Å². The number of benzene rings is 1. The summed E-state index contributed by atoms with van der Waals surface area (Å²) < 4.78 is 0. The lowest BCUT2D eigenvalue weighted by molar-refractivity contribution is -0.375. The van der Waals surface area contributed by atoms with Crippen molar-refractivity contribution >= 4 is 5.70 Å². The van der Waals surface area contributed by atoms with Crippen molar-refractivity contribution < 1.29 is 4.92 Å². The topological polar surface area (TPSA) is 43.1 Å². The van der Waals surface area contributed by atoms with Crippen LogP contribution in [-0.4, -0.2) is 4.92 Å². The summed E-state index contributed by atoms with van der Waals surface area (Å²) in [6.45, 7) is 3.43. The van der Waals surface area contributed by atoms with E-state index in [1.165, 1.54) is 12.2 Å². The normalized spacial score (nSPS) is 10.9. The average molecular weight is 175 g/mol. The predicted octanol–water partition coefficient (Wildman–Crippen LogP) is 2.49. The van der Waals surface area contributed by atoms with Crippen molar-refractivity contribution in [2.75, 3.05) is 0 Å². The van der Waals surface area contributed by atoms with E-state index in [9.17, 15) is 10.1 Å². The Balaban J connectivity index is 3.10. The first kappa shape index (κ1) is 9.19. The van der Waals surface area contributed by atoms with Crippen molar-refractivity contribution in [3.8, 4) is 0 Å². The molecule has 0 aromatic heterocycles. The van der Waals surface area contributed by atoms with Gasteiger partial charge in [-0.05, 0) is 12.1 Å². The van der Waals surface area contributed by atoms with Gasteiger partial charge in [0, 0.05) is 6.08 Å². The molecule has 0 aliphatic carbocycles. The third-order valence-corrected chi connectivity index (χ3v) is 1.54. The van der Waals surface area contributed by atoms with Crippen LogP contribution < -0.4 is 0 Å². The maximum Gasteiger partial charge on any atom is 0.276 e. The molecule has 0 radical (unpaired) electrons. The summed E-state index contributed by atoms with van der Waals surface area (Å²) in [5.41, 5.74) is 0.656. The molecule has 1 aromatic carbocycles. The molecule has 0 amide bonds. The number of nitrogens with zero attached hydrogens (tertiary/aromatic N) is 1. The molecule has 0 spiro atoms. The summed E-state index contributed by atoms with van der Waals surface area (Å²) in [5, 5.41) is 10.6. The van der Waals surface area contributed by atoms with E-state index in [2.05, 4.69) is 6.58 Å². The molecular formula is C10H9NO2. The van der Waals surface area contributed by atoms with Crippen molar-refractivity contribution in [3.63, 3.8) is 0 Å². The lowest BCUT2D eigenvalue weighted by Gasteiger charge is -1.95. The Bertz CT molecular complexity index is 341. The third-order valence-electron chi connectivity index (χ3n) is 1.54. The van der Waals surface area contributed by atoms with Crippen molar-refractivity contribution in [1.82, 2.24) is 0 Å². The van der Waals surface area contributed by atoms with Gasteiger partial charge in [0.25, 0.3) is 5.70 Å². The van der Waals surface area contributed by atoms with Gasteiger partial charge in [-0.2, -0.15) is 0 Å². The van der Waals surface area contributed by atoms with Gasteiger partial charge in [-0.3, -0.25) is 10.1 Å². The summed E-state index contributed by atoms with van der Waals surface area (Å²) in [4.78, 5) is 10.2. The molecule has 13 heavy (non-hydrogen) atoms. The maximum absolute atomic E-state index is 10.6. The zero-order valence-electron chi connectivity index (χ0n) is 7.01. The quantitative estimate of drug-likeness (QED) is 0.402. The molecule has 0 aliphatic heterocycles. The molecule has 0 saturated carbocycles. The molecule has 66 valence electrons. The largest absolute Gasteiger partial charge is 0.276 e. The Morgan fingerprint density at radius 3 is 2.46 bits per heavy atom. The molecule has 0 bridgehead atoms. The van der Waals surface area contributed by atoms with Crippen LogP contribution in [0.3, 0.4) is 0 Å². The number of hydrogen-bond acceptors (Lipinski definition) is 2. The lowest BCUT2D eigenvalue weighted by atomic mass is 10.1. The van der Waals surface area contributed by atoms with Gasteiger partial charge in [-0.1, -0.05) is 30.9 Å². The molecule has 0 aliphatic rings. The summed E-state index contributed by atoms with van der Waals surface area (Å²) >= 11 is 0.